The highest BCUT2D eigenvalue weighted by atomic mass is 16.5. The number of esters is 2. The maximum atomic E-state index is 13.8. The number of aromatic nitrogens is 1. The summed E-state index contributed by atoms with van der Waals surface area (Å²) in [4.78, 5) is 27.5. The van der Waals surface area contributed by atoms with Gasteiger partial charge in [0.2, 0.25) is 5.41 Å². The van der Waals surface area contributed by atoms with Crippen LogP contribution in [0.3, 0.4) is 0 Å². The van der Waals surface area contributed by atoms with Crippen molar-refractivity contribution < 1.29 is 23.8 Å². The van der Waals surface area contributed by atoms with Crippen molar-refractivity contribution in [3.05, 3.63) is 102 Å². The molecule has 6 nitrogen and oxygen atoms in total. The molecule has 6 heteroatoms. The monoisotopic (exact) mass is 467 g/mol. The topological polar surface area (TPSA) is 66.8 Å². The number of hydrogen-bond donors (Lipinski definition) is 0. The Bertz CT molecular complexity index is 1430. The van der Waals surface area contributed by atoms with E-state index in [-0.39, 0.29) is 0 Å². The van der Waals surface area contributed by atoms with E-state index in [1.54, 1.807) is 7.11 Å². The number of benzene rings is 3. The van der Waals surface area contributed by atoms with E-state index in [9.17, 15) is 9.59 Å². The molecule has 0 saturated carbocycles. The molecule has 4 aromatic rings. The summed E-state index contributed by atoms with van der Waals surface area (Å²) in [6, 6.07) is 24.2. The lowest BCUT2D eigenvalue weighted by Gasteiger charge is -2.33. The van der Waals surface area contributed by atoms with E-state index in [4.69, 9.17) is 14.2 Å². The van der Waals surface area contributed by atoms with Crippen molar-refractivity contribution in [1.82, 2.24) is 4.57 Å². The SMILES string of the molecule is COC(=O)C1(C(=O)OC)/C(=C\c2ccccc2)c2ccccc2C1n1ccc2c(OC)cccc21. The molecular weight excluding hydrogens is 442 g/mol. The van der Waals surface area contributed by atoms with Gasteiger partial charge < -0.3 is 18.8 Å². The Hall–Kier alpha value is -4.32. The van der Waals surface area contributed by atoms with Crippen LogP contribution in [-0.4, -0.2) is 37.8 Å². The maximum absolute atomic E-state index is 13.8. The van der Waals surface area contributed by atoms with Crippen LogP contribution in [0.2, 0.25) is 0 Å². The van der Waals surface area contributed by atoms with Gasteiger partial charge in [-0.3, -0.25) is 9.59 Å². The first kappa shape index (κ1) is 22.5. The number of ether oxygens (including phenoxy) is 3. The zero-order chi connectivity index (χ0) is 24.6. The summed E-state index contributed by atoms with van der Waals surface area (Å²) in [5, 5.41) is 0.872. The van der Waals surface area contributed by atoms with Crippen LogP contribution in [0.5, 0.6) is 5.75 Å². The maximum Gasteiger partial charge on any atom is 0.330 e. The lowest BCUT2D eigenvalue weighted by Crippen LogP contribution is -2.46. The molecular formula is C29H25NO5. The number of carbonyl (C=O) groups excluding carboxylic acids is 2. The fourth-order valence-electron chi connectivity index (χ4n) is 5.25. The predicted octanol–water partition coefficient (Wildman–Crippen LogP) is 5.13. The number of fused-ring (bicyclic) bond motifs is 2. The minimum absolute atomic E-state index is 0.535. The average Bonchev–Trinajstić information content (AvgIpc) is 3.45. The van der Waals surface area contributed by atoms with Crippen molar-refractivity contribution in [1.29, 1.82) is 0 Å². The predicted molar refractivity (Wildman–Crippen MR) is 134 cm³/mol. The first-order valence-corrected chi connectivity index (χ1v) is 11.2. The second-order valence-electron chi connectivity index (χ2n) is 8.37. The second kappa shape index (κ2) is 8.80. The van der Waals surface area contributed by atoms with Crippen molar-refractivity contribution in [2.45, 2.75) is 6.04 Å². The van der Waals surface area contributed by atoms with Gasteiger partial charge in [0, 0.05) is 11.6 Å². The van der Waals surface area contributed by atoms with E-state index in [1.165, 1.54) is 14.2 Å². The van der Waals surface area contributed by atoms with E-state index in [1.807, 2.05) is 95.7 Å². The molecule has 35 heavy (non-hydrogen) atoms. The molecule has 0 fully saturated rings. The minimum atomic E-state index is -1.77. The summed E-state index contributed by atoms with van der Waals surface area (Å²) in [7, 11) is 4.21. The smallest absolute Gasteiger partial charge is 0.330 e. The zero-order valence-corrected chi connectivity index (χ0v) is 19.7. The molecule has 5 rings (SSSR count). The van der Waals surface area contributed by atoms with Crippen LogP contribution in [0.1, 0.15) is 22.7 Å². The first-order valence-electron chi connectivity index (χ1n) is 11.2. The van der Waals surface area contributed by atoms with Gasteiger partial charge >= 0.3 is 11.9 Å². The van der Waals surface area contributed by atoms with Crippen molar-refractivity contribution in [2.75, 3.05) is 21.3 Å². The molecule has 1 heterocycles. The van der Waals surface area contributed by atoms with Gasteiger partial charge in [-0.25, -0.2) is 0 Å². The molecule has 1 atom stereocenters. The largest absolute Gasteiger partial charge is 0.496 e. The van der Waals surface area contributed by atoms with Crippen LogP contribution in [-0.2, 0) is 19.1 Å². The molecule has 1 unspecified atom stereocenters. The molecule has 176 valence electrons. The normalized spacial score (nSPS) is 17.2. The van der Waals surface area contributed by atoms with Crippen molar-refractivity contribution in [2.24, 2.45) is 5.41 Å². The van der Waals surface area contributed by atoms with Crippen LogP contribution in [0, 0.1) is 5.41 Å². The van der Waals surface area contributed by atoms with Gasteiger partial charge in [0.05, 0.1) is 32.9 Å². The zero-order valence-electron chi connectivity index (χ0n) is 19.7. The molecule has 0 N–H and O–H groups in total. The summed E-state index contributed by atoms with van der Waals surface area (Å²) < 4.78 is 18.1. The summed E-state index contributed by atoms with van der Waals surface area (Å²) in [5.41, 5.74) is 2.06. The number of carbonyl (C=O) groups is 2. The summed E-state index contributed by atoms with van der Waals surface area (Å²) in [5.74, 6) is -0.663. The van der Waals surface area contributed by atoms with Gasteiger partial charge in [-0.1, -0.05) is 60.7 Å². The Morgan fingerprint density at radius 3 is 2.20 bits per heavy atom. The average molecular weight is 468 g/mol. The minimum Gasteiger partial charge on any atom is -0.496 e. The van der Waals surface area contributed by atoms with E-state index in [0.717, 1.165) is 27.6 Å². The van der Waals surface area contributed by atoms with Crippen LogP contribution >= 0.6 is 0 Å². The molecule has 0 amide bonds. The molecule has 0 spiro atoms. The molecule has 0 bridgehead atoms. The molecule has 1 aliphatic rings. The van der Waals surface area contributed by atoms with Gasteiger partial charge in [0.25, 0.3) is 0 Å². The van der Waals surface area contributed by atoms with Gasteiger partial charge in [-0.15, -0.1) is 0 Å². The molecule has 0 saturated heterocycles. The quantitative estimate of drug-likeness (QED) is 0.301. The second-order valence-corrected chi connectivity index (χ2v) is 8.37. The molecule has 0 radical (unpaired) electrons. The number of hydrogen-bond acceptors (Lipinski definition) is 5. The Morgan fingerprint density at radius 2 is 1.51 bits per heavy atom. The van der Waals surface area contributed by atoms with E-state index >= 15 is 0 Å². The van der Waals surface area contributed by atoms with Gasteiger partial charge in [-0.05, 0) is 46.5 Å². The van der Waals surface area contributed by atoms with E-state index < -0.39 is 23.4 Å². The molecule has 1 aliphatic carbocycles. The summed E-state index contributed by atoms with van der Waals surface area (Å²) in [6.07, 6.45) is 3.75. The van der Waals surface area contributed by atoms with Gasteiger partial charge in [0.15, 0.2) is 0 Å². The standard InChI is InChI=1S/C29H25NO5/c1-33-25-15-9-14-24-22(25)16-17-30(24)26-21-13-8-7-12-20(21)23(18-19-10-5-4-6-11-19)29(26,27(31)34-2)28(32)35-3/h4-18,26H,1-3H3/b23-18-. The lowest BCUT2D eigenvalue weighted by atomic mass is 9.76. The Labute approximate surface area is 203 Å². The van der Waals surface area contributed by atoms with Crippen molar-refractivity contribution in [3.63, 3.8) is 0 Å². The fraction of sp³-hybridized carbons (Fsp3) is 0.172. The van der Waals surface area contributed by atoms with Crippen LogP contribution in [0.15, 0.2) is 85.1 Å². The Morgan fingerprint density at radius 1 is 0.829 bits per heavy atom. The van der Waals surface area contributed by atoms with Crippen LogP contribution < -0.4 is 4.74 Å². The number of methoxy groups -OCH3 is 3. The van der Waals surface area contributed by atoms with Crippen molar-refractivity contribution in [3.8, 4) is 5.75 Å². The Balaban J connectivity index is 1.90. The van der Waals surface area contributed by atoms with Crippen molar-refractivity contribution >= 4 is 34.5 Å². The molecule has 0 aliphatic heterocycles. The van der Waals surface area contributed by atoms with E-state index in [0.29, 0.717) is 11.3 Å². The highest BCUT2D eigenvalue weighted by Gasteiger charge is 2.63. The van der Waals surface area contributed by atoms with Crippen LogP contribution in [0.4, 0.5) is 0 Å². The highest BCUT2D eigenvalue weighted by molar-refractivity contribution is 6.18. The third kappa shape index (κ3) is 3.25. The van der Waals surface area contributed by atoms with E-state index in [2.05, 4.69) is 0 Å². The molecule has 3 aromatic carbocycles. The third-order valence-electron chi connectivity index (χ3n) is 6.73. The highest BCUT2D eigenvalue weighted by Crippen LogP contribution is 2.58. The van der Waals surface area contributed by atoms with Gasteiger partial charge in [-0.2, -0.15) is 0 Å². The first-order chi connectivity index (χ1) is 17.1. The molecule has 1 aromatic heterocycles. The van der Waals surface area contributed by atoms with Gasteiger partial charge in [0.1, 0.15) is 5.75 Å². The fourth-order valence-corrected chi connectivity index (χ4v) is 5.25. The third-order valence-corrected chi connectivity index (χ3v) is 6.73. The lowest BCUT2D eigenvalue weighted by molar-refractivity contribution is -0.165. The Kier molecular flexibility index (Phi) is 5.65. The summed E-state index contributed by atoms with van der Waals surface area (Å²) >= 11 is 0. The summed E-state index contributed by atoms with van der Waals surface area (Å²) in [6.45, 7) is 0. The number of nitrogens with zero attached hydrogens (tertiary/aromatic N) is 1. The number of rotatable bonds is 5. The van der Waals surface area contributed by atoms with Crippen LogP contribution in [0.25, 0.3) is 22.6 Å².